The fourth-order valence-electron chi connectivity index (χ4n) is 2.34. The van der Waals surface area contributed by atoms with Gasteiger partial charge in [-0.1, -0.05) is 13.8 Å². The van der Waals surface area contributed by atoms with Gasteiger partial charge in [-0.25, -0.2) is 0 Å². The Kier molecular flexibility index (Phi) is 5.22. The van der Waals surface area contributed by atoms with Crippen molar-refractivity contribution >= 4 is 33.0 Å². The number of hydrogen-bond donors (Lipinski definition) is 2. The first-order chi connectivity index (χ1) is 10.7. The van der Waals surface area contributed by atoms with E-state index < -0.39 is 5.41 Å². The zero-order valence-electron chi connectivity index (χ0n) is 13.7. The Labute approximate surface area is 139 Å². The highest BCUT2D eigenvalue weighted by Gasteiger charge is 2.28. The maximum Gasteiger partial charge on any atom is 0.173 e. The van der Waals surface area contributed by atoms with E-state index in [4.69, 9.17) is 5.11 Å². The fourth-order valence-corrected chi connectivity index (χ4v) is 3.36. The summed E-state index contributed by atoms with van der Waals surface area (Å²) in [5.41, 5.74) is 0.106. The minimum Gasteiger partial charge on any atom is -0.508 e. The lowest BCUT2D eigenvalue weighted by Gasteiger charge is -2.19. The molecule has 124 valence electrons. The highest BCUT2D eigenvalue weighted by molar-refractivity contribution is 7.20. The number of aromatic hydroxyl groups is 1. The van der Waals surface area contributed by atoms with Gasteiger partial charge in [0.15, 0.2) is 5.78 Å². The SMILES string of the molecule is CC(=O)C(C)(C)CC(=O)c1cc2cc(CCCO)c(O)cc2s1. The van der Waals surface area contributed by atoms with Gasteiger partial charge in [0.05, 0.1) is 4.88 Å². The molecule has 23 heavy (non-hydrogen) atoms. The molecule has 0 aliphatic rings. The number of ketones is 2. The molecule has 1 aromatic carbocycles. The molecule has 1 aromatic heterocycles. The summed E-state index contributed by atoms with van der Waals surface area (Å²) in [6.07, 6.45) is 1.36. The molecule has 2 N–H and O–H groups in total. The molecule has 0 saturated heterocycles. The highest BCUT2D eigenvalue weighted by atomic mass is 32.1. The van der Waals surface area contributed by atoms with Crippen molar-refractivity contribution in [1.82, 2.24) is 0 Å². The van der Waals surface area contributed by atoms with E-state index in [0.717, 1.165) is 15.6 Å². The molecule has 2 rings (SSSR count). The van der Waals surface area contributed by atoms with Gasteiger partial charge in [-0.3, -0.25) is 9.59 Å². The Morgan fingerprint density at radius 3 is 2.52 bits per heavy atom. The molecule has 1 heterocycles. The maximum absolute atomic E-state index is 12.4. The van der Waals surface area contributed by atoms with Crippen molar-refractivity contribution in [3.05, 3.63) is 28.6 Å². The number of carbonyl (C=O) groups excluding carboxylic acids is 2. The van der Waals surface area contributed by atoms with Crippen molar-refractivity contribution in [3.8, 4) is 5.75 Å². The quantitative estimate of drug-likeness (QED) is 0.757. The lowest BCUT2D eigenvalue weighted by molar-refractivity contribution is -0.124. The summed E-state index contributed by atoms with van der Waals surface area (Å²) in [6.45, 7) is 5.13. The van der Waals surface area contributed by atoms with Crippen LogP contribution >= 0.6 is 11.3 Å². The van der Waals surface area contributed by atoms with E-state index in [9.17, 15) is 14.7 Å². The maximum atomic E-state index is 12.4. The van der Waals surface area contributed by atoms with Gasteiger partial charge in [0, 0.05) is 23.1 Å². The predicted octanol–water partition coefficient (Wildman–Crippen LogP) is 3.72. The van der Waals surface area contributed by atoms with E-state index in [2.05, 4.69) is 0 Å². The monoisotopic (exact) mass is 334 g/mol. The van der Waals surface area contributed by atoms with Gasteiger partial charge in [-0.05, 0) is 48.9 Å². The van der Waals surface area contributed by atoms with Crippen LogP contribution in [0, 0.1) is 5.41 Å². The number of hydrogen-bond acceptors (Lipinski definition) is 5. The number of rotatable bonds is 7. The molecule has 0 unspecified atom stereocenters. The number of benzene rings is 1. The summed E-state index contributed by atoms with van der Waals surface area (Å²) < 4.78 is 0.847. The lowest BCUT2D eigenvalue weighted by Crippen LogP contribution is -2.24. The van der Waals surface area contributed by atoms with Gasteiger partial charge in [0.25, 0.3) is 0 Å². The van der Waals surface area contributed by atoms with Crippen LogP contribution in [0.2, 0.25) is 0 Å². The van der Waals surface area contributed by atoms with Crippen LogP contribution in [-0.2, 0) is 11.2 Å². The van der Waals surface area contributed by atoms with Crippen LogP contribution in [0.15, 0.2) is 18.2 Å². The van der Waals surface area contributed by atoms with E-state index in [1.165, 1.54) is 18.3 Å². The molecule has 4 nitrogen and oxygen atoms in total. The van der Waals surface area contributed by atoms with Crippen LogP contribution < -0.4 is 0 Å². The Bertz CT molecular complexity index is 743. The number of aliphatic hydroxyl groups excluding tert-OH is 1. The number of Topliss-reactive ketones (excluding diaryl/α,β-unsaturated/α-hetero) is 2. The second-order valence-corrected chi connectivity index (χ2v) is 7.58. The standard InChI is InChI=1S/C18H22O4S/c1-11(20)18(2,3)10-15(22)17-8-13-7-12(5-4-6-19)14(21)9-16(13)23-17/h7-9,19,21H,4-6,10H2,1-3H3. The second kappa shape index (κ2) is 6.81. The molecular formula is C18H22O4S. The minimum atomic E-state index is -0.665. The third-order valence-corrected chi connectivity index (χ3v) is 5.29. The Hall–Kier alpha value is -1.72. The second-order valence-electron chi connectivity index (χ2n) is 6.50. The predicted molar refractivity (Wildman–Crippen MR) is 92.3 cm³/mol. The molecule has 2 aromatic rings. The van der Waals surface area contributed by atoms with E-state index in [1.54, 1.807) is 19.9 Å². The first kappa shape index (κ1) is 17.6. The average Bonchev–Trinajstić information content (AvgIpc) is 2.87. The van der Waals surface area contributed by atoms with Crippen molar-refractivity contribution in [2.24, 2.45) is 5.41 Å². The Morgan fingerprint density at radius 2 is 1.91 bits per heavy atom. The number of aliphatic hydroxyl groups is 1. The molecule has 5 heteroatoms. The highest BCUT2D eigenvalue weighted by Crippen LogP contribution is 2.34. The molecule has 0 aliphatic heterocycles. The van der Waals surface area contributed by atoms with Crippen molar-refractivity contribution < 1.29 is 19.8 Å². The van der Waals surface area contributed by atoms with Gasteiger partial charge in [-0.2, -0.15) is 0 Å². The average molecular weight is 334 g/mol. The van der Waals surface area contributed by atoms with Gasteiger partial charge in [0.2, 0.25) is 0 Å². The van der Waals surface area contributed by atoms with Crippen LogP contribution in [-0.4, -0.2) is 28.4 Å². The van der Waals surface area contributed by atoms with E-state index in [-0.39, 0.29) is 30.3 Å². The summed E-state index contributed by atoms with van der Waals surface area (Å²) >= 11 is 1.33. The molecule has 0 fully saturated rings. The first-order valence-corrected chi connectivity index (χ1v) is 8.47. The van der Waals surface area contributed by atoms with Crippen LogP contribution in [0.3, 0.4) is 0 Å². The Morgan fingerprint density at radius 1 is 1.22 bits per heavy atom. The molecular weight excluding hydrogens is 312 g/mol. The van der Waals surface area contributed by atoms with Gasteiger partial charge >= 0.3 is 0 Å². The number of carbonyl (C=O) groups is 2. The van der Waals surface area contributed by atoms with E-state index in [1.807, 2.05) is 12.1 Å². The zero-order valence-corrected chi connectivity index (χ0v) is 14.5. The molecule has 0 radical (unpaired) electrons. The third kappa shape index (κ3) is 3.98. The topological polar surface area (TPSA) is 74.6 Å². The van der Waals surface area contributed by atoms with Crippen molar-refractivity contribution in [3.63, 3.8) is 0 Å². The lowest BCUT2D eigenvalue weighted by atomic mass is 9.83. The number of phenols is 1. The largest absolute Gasteiger partial charge is 0.508 e. The number of phenolic OH excluding ortho intramolecular Hbond substituents is 1. The van der Waals surface area contributed by atoms with Crippen molar-refractivity contribution in [1.29, 1.82) is 0 Å². The normalized spacial score (nSPS) is 11.8. The van der Waals surface area contributed by atoms with Crippen molar-refractivity contribution in [2.45, 2.75) is 40.0 Å². The number of thiophene rings is 1. The van der Waals surface area contributed by atoms with E-state index >= 15 is 0 Å². The summed E-state index contributed by atoms with van der Waals surface area (Å²) in [4.78, 5) is 24.6. The smallest absolute Gasteiger partial charge is 0.173 e. The van der Waals surface area contributed by atoms with Gasteiger partial charge < -0.3 is 10.2 Å². The number of fused-ring (bicyclic) bond motifs is 1. The summed E-state index contributed by atoms with van der Waals surface area (Å²) in [5, 5.41) is 19.9. The molecule has 0 amide bonds. The molecule has 0 spiro atoms. The van der Waals surface area contributed by atoms with Crippen LogP contribution in [0.1, 0.15) is 48.8 Å². The minimum absolute atomic E-state index is 0.00380. The van der Waals surface area contributed by atoms with Crippen molar-refractivity contribution in [2.75, 3.05) is 6.61 Å². The summed E-state index contributed by atoms with van der Waals surface area (Å²) in [7, 11) is 0. The van der Waals surface area contributed by atoms with Crippen LogP contribution in [0.5, 0.6) is 5.75 Å². The molecule has 0 saturated carbocycles. The molecule has 0 atom stereocenters. The van der Waals surface area contributed by atoms with Crippen LogP contribution in [0.4, 0.5) is 0 Å². The van der Waals surface area contributed by atoms with E-state index in [0.29, 0.717) is 17.7 Å². The fraction of sp³-hybridized carbons (Fsp3) is 0.444. The number of aryl methyl sites for hydroxylation is 1. The van der Waals surface area contributed by atoms with Gasteiger partial charge in [0.1, 0.15) is 11.5 Å². The first-order valence-electron chi connectivity index (χ1n) is 7.65. The molecule has 0 bridgehead atoms. The molecule has 0 aliphatic carbocycles. The van der Waals surface area contributed by atoms with Gasteiger partial charge in [-0.15, -0.1) is 11.3 Å². The zero-order chi connectivity index (χ0) is 17.2. The summed E-state index contributed by atoms with van der Waals surface area (Å²) in [5.74, 6) is 0.134. The summed E-state index contributed by atoms with van der Waals surface area (Å²) in [6, 6.07) is 5.35. The Balaban J connectivity index is 2.29. The van der Waals surface area contributed by atoms with Crippen LogP contribution in [0.25, 0.3) is 10.1 Å². The third-order valence-electron chi connectivity index (χ3n) is 4.15.